The lowest BCUT2D eigenvalue weighted by Gasteiger charge is -2.06. The first-order valence-electron chi connectivity index (χ1n) is 6.98. The van der Waals surface area contributed by atoms with Crippen LogP contribution in [-0.2, 0) is 0 Å². The molecule has 0 unspecified atom stereocenters. The van der Waals surface area contributed by atoms with E-state index in [1.807, 2.05) is 0 Å². The zero-order valence-corrected chi connectivity index (χ0v) is 11.1. The van der Waals surface area contributed by atoms with E-state index in [1.54, 1.807) is 0 Å². The topological polar surface area (TPSA) is 12.0 Å². The average molecular weight is 213 g/mol. The van der Waals surface area contributed by atoms with E-state index in [4.69, 9.17) is 0 Å². The summed E-state index contributed by atoms with van der Waals surface area (Å²) in [5, 5.41) is 3.50. The van der Waals surface area contributed by atoms with E-state index >= 15 is 0 Å². The summed E-state index contributed by atoms with van der Waals surface area (Å²) >= 11 is 0. The quantitative estimate of drug-likeness (QED) is 0.502. The van der Waals surface area contributed by atoms with Crippen LogP contribution in [0.4, 0.5) is 0 Å². The summed E-state index contributed by atoms with van der Waals surface area (Å²) in [6.45, 7) is 9.20. The molecule has 0 radical (unpaired) electrons. The van der Waals surface area contributed by atoms with Crippen molar-refractivity contribution in [2.75, 3.05) is 13.1 Å². The lowest BCUT2D eigenvalue weighted by molar-refractivity contribution is 0.518. The van der Waals surface area contributed by atoms with Gasteiger partial charge in [-0.3, -0.25) is 0 Å². The van der Waals surface area contributed by atoms with Gasteiger partial charge >= 0.3 is 0 Å². The number of unbranched alkanes of at least 4 members (excludes halogenated alkanes) is 7. The van der Waals surface area contributed by atoms with Crippen molar-refractivity contribution in [2.24, 2.45) is 5.92 Å². The van der Waals surface area contributed by atoms with Gasteiger partial charge in [0.05, 0.1) is 0 Å². The molecule has 0 spiro atoms. The molecule has 1 N–H and O–H groups in total. The summed E-state index contributed by atoms with van der Waals surface area (Å²) in [6, 6.07) is 0. The van der Waals surface area contributed by atoms with Gasteiger partial charge in [-0.15, -0.1) is 0 Å². The molecule has 0 aromatic rings. The van der Waals surface area contributed by atoms with Gasteiger partial charge in [-0.1, -0.05) is 65.7 Å². The third-order valence-corrected chi connectivity index (χ3v) is 2.76. The van der Waals surface area contributed by atoms with Gasteiger partial charge in [-0.05, 0) is 25.4 Å². The molecule has 0 rings (SSSR count). The average Bonchev–Trinajstić information content (AvgIpc) is 2.20. The van der Waals surface area contributed by atoms with Crippen LogP contribution in [0.25, 0.3) is 0 Å². The van der Waals surface area contributed by atoms with Gasteiger partial charge in [-0.2, -0.15) is 0 Å². The van der Waals surface area contributed by atoms with E-state index in [0.29, 0.717) is 0 Å². The van der Waals surface area contributed by atoms with E-state index < -0.39 is 0 Å². The molecule has 0 fully saturated rings. The van der Waals surface area contributed by atoms with Crippen LogP contribution in [0.15, 0.2) is 0 Å². The van der Waals surface area contributed by atoms with E-state index in [2.05, 4.69) is 26.1 Å². The molecule has 0 aromatic carbocycles. The van der Waals surface area contributed by atoms with Gasteiger partial charge in [0.1, 0.15) is 0 Å². The first-order chi connectivity index (χ1) is 7.27. The summed E-state index contributed by atoms with van der Waals surface area (Å²) in [5.74, 6) is 0.791. The summed E-state index contributed by atoms with van der Waals surface area (Å²) in [4.78, 5) is 0. The third-order valence-electron chi connectivity index (χ3n) is 2.76. The highest BCUT2D eigenvalue weighted by Gasteiger charge is 1.93. The van der Waals surface area contributed by atoms with Crippen LogP contribution < -0.4 is 5.32 Å². The SMILES string of the molecule is CCCCCCCCCCNCC(C)C. The molecule has 0 saturated heterocycles. The van der Waals surface area contributed by atoms with Gasteiger partial charge in [0, 0.05) is 0 Å². The van der Waals surface area contributed by atoms with Crippen molar-refractivity contribution in [3.8, 4) is 0 Å². The second-order valence-electron chi connectivity index (χ2n) is 5.07. The van der Waals surface area contributed by atoms with Crippen molar-refractivity contribution in [1.29, 1.82) is 0 Å². The molecule has 15 heavy (non-hydrogen) atoms. The standard InChI is InChI=1S/C14H31N/c1-4-5-6-7-8-9-10-11-12-15-13-14(2)3/h14-15H,4-13H2,1-3H3. The molecule has 0 atom stereocenters. The zero-order valence-electron chi connectivity index (χ0n) is 11.1. The zero-order chi connectivity index (χ0) is 11.4. The molecule has 0 aliphatic carbocycles. The number of hydrogen-bond donors (Lipinski definition) is 1. The summed E-state index contributed by atoms with van der Waals surface area (Å²) in [5.41, 5.74) is 0. The van der Waals surface area contributed by atoms with Crippen LogP contribution in [-0.4, -0.2) is 13.1 Å². The summed E-state index contributed by atoms with van der Waals surface area (Å²) < 4.78 is 0. The molecule has 1 heteroatoms. The van der Waals surface area contributed by atoms with Crippen LogP contribution in [0.3, 0.4) is 0 Å². The number of nitrogens with one attached hydrogen (secondary N) is 1. The summed E-state index contributed by atoms with van der Waals surface area (Å²) in [6.07, 6.45) is 11.3. The van der Waals surface area contributed by atoms with E-state index in [9.17, 15) is 0 Å². The Hall–Kier alpha value is -0.0400. The van der Waals surface area contributed by atoms with E-state index in [0.717, 1.165) is 5.92 Å². The molecule has 0 aliphatic heterocycles. The molecule has 0 aromatic heterocycles. The molecule has 0 amide bonds. The predicted molar refractivity (Wildman–Crippen MR) is 70.3 cm³/mol. The maximum Gasteiger partial charge on any atom is -0.00258 e. The lowest BCUT2D eigenvalue weighted by atomic mass is 10.1. The minimum Gasteiger partial charge on any atom is -0.316 e. The van der Waals surface area contributed by atoms with Gasteiger partial charge in [0.2, 0.25) is 0 Å². The largest absolute Gasteiger partial charge is 0.316 e. The highest BCUT2D eigenvalue weighted by atomic mass is 14.8. The summed E-state index contributed by atoms with van der Waals surface area (Å²) in [7, 11) is 0. The fourth-order valence-corrected chi connectivity index (χ4v) is 1.77. The highest BCUT2D eigenvalue weighted by Crippen LogP contribution is 2.07. The van der Waals surface area contributed by atoms with Gasteiger partial charge in [-0.25, -0.2) is 0 Å². The van der Waals surface area contributed by atoms with Crippen LogP contribution in [0.2, 0.25) is 0 Å². The Balaban J connectivity index is 2.87. The van der Waals surface area contributed by atoms with Crippen LogP contribution in [0, 0.1) is 5.92 Å². The van der Waals surface area contributed by atoms with Crippen molar-refractivity contribution in [3.63, 3.8) is 0 Å². The maximum atomic E-state index is 3.50. The fraction of sp³-hybridized carbons (Fsp3) is 1.00. The van der Waals surface area contributed by atoms with E-state index in [-0.39, 0.29) is 0 Å². The minimum atomic E-state index is 0.791. The molecule has 0 heterocycles. The van der Waals surface area contributed by atoms with Crippen molar-refractivity contribution < 1.29 is 0 Å². The Labute approximate surface area is 97.0 Å². The number of rotatable bonds is 11. The second kappa shape index (κ2) is 12.0. The van der Waals surface area contributed by atoms with Gasteiger partial charge in [0.25, 0.3) is 0 Å². The Bertz CT molecular complexity index is 110. The second-order valence-corrected chi connectivity index (χ2v) is 5.07. The lowest BCUT2D eigenvalue weighted by Crippen LogP contribution is -2.20. The van der Waals surface area contributed by atoms with Crippen molar-refractivity contribution in [2.45, 2.75) is 72.1 Å². The molecular formula is C14H31N. The van der Waals surface area contributed by atoms with Crippen molar-refractivity contribution in [3.05, 3.63) is 0 Å². The van der Waals surface area contributed by atoms with Crippen LogP contribution in [0.5, 0.6) is 0 Å². The van der Waals surface area contributed by atoms with Crippen LogP contribution in [0.1, 0.15) is 72.1 Å². The molecule has 0 aliphatic rings. The third kappa shape index (κ3) is 14.0. The molecule has 92 valence electrons. The van der Waals surface area contributed by atoms with Crippen molar-refractivity contribution in [1.82, 2.24) is 5.32 Å². The normalized spacial score (nSPS) is 11.2. The van der Waals surface area contributed by atoms with Crippen LogP contribution >= 0.6 is 0 Å². The Morgan fingerprint density at radius 2 is 1.33 bits per heavy atom. The predicted octanol–water partition coefficient (Wildman–Crippen LogP) is 4.37. The first kappa shape index (κ1) is 15.0. The monoisotopic (exact) mass is 213 g/mol. The van der Waals surface area contributed by atoms with E-state index in [1.165, 1.54) is 64.5 Å². The highest BCUT2D eigenvalue weighted by molar-refractivity contribution is 4.52. The van der Waals surface area contributed by atoms with Gasteiger partial charge < -0.3 is 5.32 Å². The fourth-order valence-electron chi connectivity index (χ4n) is 1.77. The Kier molecular flexibility index (Phi) is 12.0. The molecular weight excluding hydrogens is 182 g/mol. The first-order valence-corrected chi connectivity index (χ1v) is 6.98. The Morgan fingerprint density at radius 1 is 0.800 bits per heavy atom. The molecule has 0 bridgehead atoms. The maximum absolute atomic E-state index is 3.50. The smallest absolute Gasteiger partial charge is 0.00258 e. The number of hydrogen-bond acceptors (Lipinski definition) is 1. The molecule has 1 nitrogen and oxygen atoms in total. The minimum absolute atomic E-state index is 0.791. The molecule has 0 saturated carbocycles. The Morgan fingerprint density at radius 3 is 1.87 bits per heavy atom. The van der Waals surface area contributed by atoms with Gasteiger partial charge in [0.15, 0.2) is 0 Å². The van der Waals surface area contributed by atoms with Crippen molar-refractivity contribution >= 4 is 0 Å².